The number of anilines is 2. The van der Waals surface area contributed by atoms with Gasteiger partial charge in [-0.05, 0) is 49.4 Å². The zero-order valence-corrected chi connectivity index (χ0v) is 18.4. The molecule has 0 atom stereocenters. The Hall–Kier alpha value is -4.08. The maximum atomic E-state index is 13.2. The van der Waals surface area contributed by atoms with Crippen LogP contribution in [-0.4, -0.2) is 23.4 Å². The number of benzene rings is 2. The topological polar surface area (TPSA) is 89.6 Å². The van der Waals surface area contributed by atoms with E-state index in [1.165, 1.54) is 25.1 Å². The van der Waals surface area contributed by atoms with Crippen LogP contribution in [0, 0.1) is 0 Å². The summed E-state index contributed by atoms with van der Waals surface area (Å²) in [6.07, 6.45) is -1.32. The maximum Gasteiger partial charge on any atom is 0.416 e. The number of alkyl halides is 3. The minimum Gasteiger partial charge on any atom is -0.490 e. The molecule has 0 unspecified atom stereocenters. The lowest BCUT2D eigenvalue weighted by atomic mass is 10.1. The Balaban J connectivity index is 1.85. The van der Waals surface area contributed by atoms with Gasteiger partial charge in [-0.3, -0.25) is 14.6 Å². The Labute approximate surface area is 193 Å². The lowest BCUT2D eigenvalue weighted by Gasteiger charge is -2.16. The summed E-state index contributed by atoms with van der Waals surface area (Å²) in [5.41, 5.74) is -0.156. The van der Waals surface area contributed by atoms with Crippen LogP contribution in [0.4, 0.5) is 24.5 Å². The van der Waals surface area contributed by atoms with E-state index in [0.717, 1.165) is 23.8 Å². The highest BCUT2D eigenvalue weighted by molar-refractivity contribution is 6.07. The summed E-state index contributed by atoms with van der Waals surface area (Å²) in [4.78, 5) is 28.3. The van der Waals surface area contributed by atoms with E-state index in [9.17, 15) is 22.8 Å². The number of carbonyl (C=O) groups is 2. The van der Waals surface area contributed by atoms with Crippen molar-refractivity contribution in [3.8, 4) is 11.5 Å². The number of halogens is 3. The fraction of sp³-hybridized carbons (Fsp3) is 0.208. The number of pyridine rings is 1. The van der Waals surface area contributed by atoms with E-state index in [0.29, 0.717) is 18.1 Å². The molecule has 34 heavy (non-hydrogen) atoms. The summed E-state index contributed by atoms with van der Waals surface area (Å²) in [6, 6.07) is 10.7. The van der Waals surface area contributed by atoms with Crippen molar-refractivity contribution in [3.63, 3.8) is 0 Å². The molecule has 2 aromatic carbocycles. The van der Waals surface area contributed by atoms with Gasteiger partial charge in [0.2, 0.25) is 5.91 Å². The lowest BCUT2D eigenvalue weighted by Crippen LogP contribution is -2.17. The first kappa shape index (κ1) is 24.6. The average molecular weight is 473 g/mol. The fourth-order valence-corrected chi connectivity index (χ4v) is 3.00. The summed E-state index contributed by atoms with van der Waals surface area (Å²) >= 11 is 0. The lowest BCUT2D eigenvalue weighted by molar-refractivity contribution is -0.137. The molecular weight excluding hydrogens is 451 g/mol. The molecule has 178 valence electrons. The van der Waals surface area contributed by atoms with Gasteiger partial charge in [0.05, 0.1) is 23.5 Å². The van der Waals surface area contributed by atoms with Gasteiger partial charge in [0.1, 0.15) is 6.61 Å². The first-order valence-electron chi connectivity index (χ1n) is 10.3. The monoisotopic (exact) mass is 473 g/mol. The summed E-state index contributed by atoms with van der Waals surface area (Å²) in [6.45, 7) is 3.50. The van der Waals surface area contributed by atoms with Crippen molar-refractivity contribution < 1.29 is 32.2 Å². The van der Waals surface area contributed by atoms with Crippen LogP contribution in [0.3, 0.4) is 0 Å². The van der Waals surface area contributed by atoms with Crippen LogP contribution in [0.15, 0.2) is 60.9 Å². The molecule has 1 aromatic heterocycles. The number of carbonyl (C=O) groups excluding carboxylic acids is 2. The smallest absolute Gasteiger partial charge is 0.416 e. The molecule has 2 amide bonds. The Kier molecular flexibility index (Phi) is 7.72. The second kappa shape index (κ2) is 10.7. The van der Waals surface area contributed by atoms with E-state index in [-0.39, 0.29) is 23.5 Å². The Morgan fingerprint density at radius 2 is 1.76 bits per heavy atom. The van der Waals surface area contributed by atoms with Gasteiger partial charge >= 0.3 is 6.18 Å². The maximum absolute atomic E-state index is 13.2. The molecule has 0 fully saturated rings. The second-order valence-electron chi connectivity index (χ2n) is 7.14. The number of nitrogens with zero attached hydrogens (tertiary/aromatic N) is 1. The molecule has 0 radical (unpaired) electrons. The highest BCUT2D eigenvalue weighted by atomic mass is 19.4. The normalized spacial score (nSPS) is 11.0. The number of rotatable bonds is 8. The zero-order chi connectivity index (χ0) is 24.7. The fourth-order valence-electron chi connectivity index (χ4n) is 3.00. The van der Waals surface area contributed by atoms with Crippen LogP contribution in [-0.2, 0) is 17.6 Å². The number of nitrogens with one attached hydrogen (secondary N) is 2. The standard InChI is InChI=1S/C24H22F3N3O4/c1-3-33-22-11-17(6-9-21(22)34-14-16-5-4-10-28-13-16)23(32)30-20-12-18(24(25,26)27)7-8-19(20)29-15(2)31/h4-13H,3,14H2,1-2H3,(H,29,31)(H,30,32). The number of amides is 2. The third kappa shape index (κ3) is 6.47. The van der Waals surface area contributed by atoms with Crippen LogP contribution in [0.25, 0.3) is 0 Å². The first-order valence-corrected chi connectivity index (χ1v) is 10.3. The van der Waals surface area contributed by atoms with Gasteiger partial charge in [-0.25, -0.2) is 0 Å². The molecule has 10 heteroatoms. The predicted molar refractivity (Wildman–Crippen MR) is 120 cm³/mol. The van der Waals surface area contributed by atoms with Gasteiger partial charge in [0, 0.05) is 30.4 Å². The van der Waals surface area contributed by atoms with Crippen molar-refractivity contribution in [1.82, 2.24) is 4.98 Å². The molecule has 3 aromatic rings. The van der Waals surface area contributed by atoms with Gasteiger partial charge in [-0.1, -0.05) is 6.07 Å². The van der Waals surface area contributed by atoms with Crippen molar-refractivity contribution in [2.75, 3.05) is 17.2 Å². The SMILES string of the molecule is CCOc1cc(C(=O)Nc2cc(C(F)(F)F)ccc2NC(C)=O)ccc1OCc1cccnc1. The van der Waals surface area contributed by atoms with Gasteiger partial charge in [0.25, 0.3) is 5.91 Å². The number of hydrogen-bond donors (Lipinski definition) is 2. The summed E-state index contributed by atoms with van der Waals surface area (Å²) in [7, 11) is 0. The summed E-state index contributed by atoms with van der Waals surface area (Å²) in [5.74, 6) is -0.500. The van der Waals surface area contributed by atoms with Gasteiger partial charge < -0.3 is 20.1 Å². The van der Waals surface area contributed by atoms with E-state index in [4.69, 9.17) is 9.47 Å². The third-order valence-electron chi connectivity index (χ3n) is 4.53. The van der Waals surface area contributed by atoms with Crippen LogP contribution in [0.1, 0.15) is 35.3 Å². The molecule has 0 aliphatic rings. The van der Waals surface area contributed by atoms with E-state index in [2.05, 4.69) is 15.6 Å². The van der Waals surface area contributed by atoms with E-state index in [1.54, 1.807) is 25.4 Å². The second-order valence-corrected chi connectivity index (χ2v) is 7.14. The Morgan fingerprint density at radius 3 is 2.41 bits per heavy atom. The quantitative estimate of drug-likeness (QED) is 0.464. The third-order valence-corrected chi connectivity index (χ3v) is 4.53. The van der Waals surface area contributed by atoms with Crippen LogP contribution < -0.4 is 20.1 Å². The number of aromatic nitrogens is 1. The predicted octanol–water partition coefficient (Wildman–Crippen LogP) is 5.29. The molecule has 3 rings (SSSR count). The zero-order valence-electron chi connectivity index (χ0n) is 18.4. The van der Waals surface area contributed by atoms with Crippen molar-refractivity contribution >= 4 is 23.2 Å². The molecule has 2 N–H and O–H groups in total. The molecule has 0 bridgehead atoms. The van der Waals surface area contributed by atoms with Gasteiger partial charge in [-0.2, -0.15) is 13.2 Å². The molecule has 0 saturated carbocycles. The van der Waals surface area contributed by atoms with Crippen LogP contribution in [0.2, 0.25) is 0 Å². The highest BCUT2D eigenvalue weighted by Gasteiger charge is 2.31. The van der Waals surface area contributed by atoms with Crippen molar-refractivity contribution in [1.29, 1.82) is 0 Å². The van der Waals surface area contributed by atoms with E-state index in [1.807, 2.05) is 6.07 Å². The van der Waals surface area contributed by atoms with Crippen LogP contribution in [0.5, 0.6) is 11.5 Å². The number of ether oxygens (including phenoxy) is 2. The molecule has 0 saturated heterocycles. The Morgan fingerprint density at radius 1 is 0.971 bits per heavy atom. The molecular formula is C24H22F3N3O4. The minimum absolute atomic E-state index is 0.0373. The van der Waals surface area contributed by atoms with Crippen LogP contribution >= 0.6 is 0 Å². The molecule has 0 spiro atoms. The average Bonchev–Trinajstić information content (AvgIpc) is 2.79. The van der Waals surface area contributed by atoms with Crippen molar-refractivity contribution in [2.45, 2.75) is 26.6 Å². The molecule has 7 nitrogen and oxygen atoms in total. The first-order chi connectivity index (χ1) is 16.2. The summed E-state index contributed by atoms with van der Waals surface area (Å²) in [5, 5.41) is 4.84. The van der Waals surface area contributed by atoms with E-state index < -0.39 is 23.6 Å². The van der Waals surface area contributed by atoms with Gasteiger partial charge in [0.15, 0.2) is 11.5 Å². The minimum atomic E-state index is -4.62. The Bertz CT molecular complexity index is 1170. The number of hydrogen-bond acceptors (Lipinski definition) is 5. The molecule has 0 aliphatic carbocycles. The molecule has 0 aliphatic heterocycles. The molecule has 1 heterocycles. The largest absolute Gasteiger partial charge is 0.490 e. The highest BCUT2D eigenvalue weighted by Crippen LogP contribution is 2.35. The van der Waals surface area contributed by atoms with E-state index >= 15 is 0 Å². The van der Waals surface area contributed by atoms with Crippen molar-refractivity contribution in [2.24, 2.45) is 0 Å². The van der Waals surface area contributed by atoms with Crippen molar-refractivity contribution in [3.05, 3.63) is 77.6 Å². The van der Waals surface area contributed by atoms with Gasteiger partial charge in [-0.15, -0.1) is 0 Å². The summed E-state index contributed by atoms with van der Waals surface area (Å²) < 4.78 is 50.9.